The molecule has 55 heavy (non-hydrogen) atoms. The minimum absolute atomic E-state index is 0.443. The van der Waals surface area contributed by atoms with Crippen molar-refractivity contribution in [2.24, 2.45) is 0 Å². The van der Waals surface area contributed by atoms with E-state index in [0.29, 0.717) is 0 Å². The van der Waals surface area contributed by atoms with Crippen molar-refractivity contribution in [1.29, 1.82) is 0 Å². The summed E-state index contributed by atoms with van der Waals surface area (Å²) in [5.74, 6) is 0.726. The van der Waals surface area contributed by atoms with Crippen molar-refractivity contribution in [2.75, 3.05) is 0 Å². The van der Waals surface area contributed by atoms with E-state index in [0.717, 1.165) is 33.5 Å². The third-order valence-electron chi connectivity index (χ3n) is 12.1. The lowest BCUT2D eigenvalue weighted by Crippen LogP contribution is -2.26. The van der Waals surface area contributed by atoms with Crippen LogP contribution in [0.4, 0.5) is 0 Å². The Hall–Kier alpha value is -7.16. The lowest BCUT2D eigenvalue weighted by atomic mass is 9.69. The zero-order chi connectivity index (χ0) is 36.1. The molecule has 0 radical (unpaired) electrons. The molecule has 0 amide bonds. The summed E-state index contributed by atoms with van der Waals surface area (Å²) in [5.41, 5.74) is 16.5. The fraction of sp³-hybridized carbons (Fsp3) is 0.0189. The topological polar surface area (TPSA) is 25.8 Å². The smallest absolute Gasteiger partial charge is 0.160 e. The summed E-state index contributed by atoms with van der Waals surface area (Å²) in [4.78, 5) is 10.5. The van der Waals surface area contributed by atoms with Gasteiger partial charge in [-0.1, -0.05) is 170 Å². The van der Waals surface area contributed by atoms with Crippen molar-refractivity contribution in [2.45, 2.75) is 5.41 Å². The van der Waals surface area contributed by atoms with Crippen molar-refractivity contribution in [3.63, 3.8) is 0 Å². The quantitative estimate of drug-likeness (QED) is 0.184. The standard InChI is InChI=1S/C53H32N2/c1-2-12-33(13-3-1)34-22-24-36(25-23-34)51-44-18-8-11-21-49(44)54-52(55-51)38-27-26-37-31-45-43-29-28-35-14-4-5-15-40(35)50(43)53(48(45)32-39(37)30-38)46-19-9-6-16-41(46)42-17-7-10-20-47(42)53/h1-32H. The van der Waals surface area contributed by atoms with Crippen LogP contribution in [0.25, 0.3) is 88.5 Å². The van der Waals surface area contributed by atoms with Crippen LogP contribution in [-0.2, 0) is 5.41 Å². The Morgan fingerprint density at radius 3 is 1.75 bits per heavy atom. The lowest BCUT2D eigenvalue weighted by Gasteiger charge is -2.31. The molecule has 0 atom stereocenters. The fourth-order valence-electron chi connectivity index (χ4n) is 9.68. The molecule has 0 fully saturated rings. The van der Waals surface area contributed by atoms with E-state index in [4.69, 9.17) is 9.97 Å². The van der Waals surface area contributed by atoms with Crippen LogP contribution in [0.5, 0.6) is 0 Å². The van der Waals surface area contributed by atoms with Gasteiger partial charge in [-0.05, 0) is 101 Å². The van der Waals surface area contributed by atoms with Gasteiger partial charge in [-0.3, -0.25) is 0 Å². The van der Waals surface area contributed by atoms with E-state index in [1.165, 1.54) is 77.2 Å². The molecule has 2 nitrogen and oxygen atoms in total. The van der Waals surface area contributed by atoms with Gasteiger partial charge in [0, 0.05) is 16.5 Å². The summed E-state index contributed by atoms with van der Waals surface area (Å²) in [6.07, 6.45) is 0. The van der Waals surface area contributed by atoms with Gasteiger partial charge in [0.2, 0.25) is 0 Å². The van der Waals surface area contributed by atoms with Crippen molar-refractivity contribution < 1.29 is 0 Å². The van der Waals surface area contributed by atoms with Crippen LogP contribution in [0.1, 0.15) is 22.3 Å². The first-order valence-electron chi connectivity index (χ1n) is 19.0. The Morgan fingerprint density at radius 2 is 0.945 bits per heavy atom. The molecular formula is C53H32N2. The number of rotatable bonds is 3. The van der Waals surface area contributed by atoms with Crippen LogP contribution in [0.3, 0.4) is 0 Å². The molecule has 2 heteroatoms. The Bertz CT molecular complexity index is 3150. The number of hydrogen-bond donors (Lipinski definition) is 0. The molecule has 0 aliphatic heterocycles. The Balaban J connectivity index is 1.07. The summed E-state index contributed by atoms with van der Waals surface area (Å²) in [5, 5.41) is 6.00. The number of hydrogen-bond acceptors (Lipinski definition) is 2. The monoisotopic (exact) mass is 696 g/mol. The molecule has 1 spiro atoms. The first-order valence-corrected chi connectivity index (χ1v) is 19.0. The average molecular weight is 697 g/mol. The predicted molar refractivity (Wildman–Crippen MR) is 227 cm³/mol. The summed E-state index contributed by atoms with van der Waals surface area (Å²) in [6, 6.07) is 70.8. The van der Waals surface area contributed by atoms with Gasteiger partial charge in [0.1, 0.15) is 0 Å². The van der Waals surface area contributed by atoms with Crippen LogP contribution < -0.4 is 0 Å². The van der Waals surface area contributed by atoms with Crippen molar-refractivity contribution in [1.82, 2.24) is 9.97 Å². The van der Waals surface area contributed by atoms with Crippen LogP contribution in [0, 0.1) is 0 Å². The van der Waals surface area contributed by atoms with Gasteiger partial charge in [0.25, 0.3) is 0 Å². The normalized spacial score (nSPS) is 13.2. The lowest BCUT2D eigenvalue weighted by molar-refractivity contribution is 0.802. The average Bonchev–Trinajstić information content (AvgIpc) is 3.72. The largest absolute Gasteiger partial charge is 0.228 e. The molecule has 0 saturated heterocycles. The Morgan fingerprint density at radius 1 is 0.327 bits per heavy atom. The molecule has 0 bridgehead atoms. The molecule has 10 aromatic rings. The van der Waals surface area contributed by atoms with Gasteiger partial charge >= 0.3 is 0 Å². The van der Waals surface area contributed by atoms with Gasteiger partial charge in [0.15, 0.2) is 5.82 Å². The second-order valence-corrected chi connectivity index (χ2v) is 14.9. The van der Waals surface area contributed by atoms with Crippen LogP contribution >= 0.6 is 0 Å². The molecule has 1 aromatic heterocycles. The zero-order valence-electron chi connectivity index (χ0n) is 29.9. The number of aromatic nitrogens is 2. The Kier molecular flexibility index (Phi) is 6.29. The highest BCUT2D eigenvalue weighted by atomic mass is 14.9. The minimum atomic E-state index is -0.443. The maximum Gasteiger partial charge on any atom is 0.160 e. The first-order chi connectivity index (χ1) is 27.3. The zero-order valence-corrected chi connectivity index (χ0v) is 29.9. The van der Waals surface area contributed by atoms with Crippen LogP contribution in [0.2, 0.25) is 0 Å². The third kappa shape index (κ3) is 4.25. The van der Waals surface area contributed by atoms with Gasteiger partial charge in [-0.25, -0.2) is 9.97 Å². The van der Waals surface area contributed by atoms with Gasteiger partial charge in [-0.2, -0.15) is 0 Å². The maximum absolute atomic E-state index is 5.31. The Labute approximate surface area is 319 Å². The van der Waals surface area contributed by atoms with E-state index in [2.05, 4.69) is 194 Å². The van der Waals surface area contributed by atoms with E-state index in [9.17, 15) is 0 Å². The number of para-hydroxylation sites is 1. The number of benzene rings is 9. The van der Waals surface area contributed by atoms with Crippen molar-refractivity contribution >= 4 is 32.4 Å². The second-order valence-electron chi connectivity index (χ2n) is 14.9. The second kappa shape index (κ2) is 11.4. The van der Waals surface area contributed by atoms with E-state index in [1.54, 1.807) is 0 Å². The fourth-order valence-corrected chi connectivity index (χ4v) is 9.68. The maximum atomic E-state index is 5.31. The molecule has 0 saturated carbocycles. The predicted octanol–water partition coefficient (Wildman–Crippen LogP) is 13.3. The van der Waals surface area contributed by atoms with E-state index in [-0.39, 0.29) is 0 Å². The van der Waals surface area contributed by atoms with Gasteiger partial charge in [0.05, 0.1) is 16.6 Å². The molecule has 0 N–H and O–H groups in total. The molecule has 0 unspecified atom stereocenters. The molecule has 254 valence electrons. The summed E-state index contributed by atoms with van der Waals surface area (Å²) in [6.45, 7) is 0. The first kappa shape index (κ1) is 30.3. The van der Waals surface area contributed by atoms with E-state index < -0.39 is 5.41 Å². The van der Waals surface area contributed by atoms with E-state index in [1.807, 2.05) is 0 Å². The van der Waals surface area contributed by atoms with Crippen LogP contribution in [0.15, 0.2) is 194 Å². The molecular weight excluding hydrogens is 665 g/mol. The van der Waals surface area contributed by atoms with Crippen molar-refractivity contribution in [3.05, 3.63) is 216 Å². The SMILES string of the molecule is c1ccc(-c2ccc(-c3nc(-c4ccc5cc6c(cc5c4)C4(c5ccccc5-c5ccccc54)c4c-6ccc5ccccc45)nc4ccccc34)cc2)cc1. The highest BCUT2D eigenvalue weighted by Gasteiger charge is 2.52. The summed E-state index contributed by atoms with van der Waals surface area (Å²) < 4.78 is 0. The van der Waals surface area contributed by atoms with Crippen LogP contribution in [-0.4, -0.2) is 9.97 Å². The molecule has 1 heterocycles. The van der Waals surface area contributed by atoms with E-state index >= 15 is 0 Å². The highest BCUT2D eigenvalue weighted by Crippen LogP contribution is 2.64. The van der Waals surface area contributed by atoms with Crippen molar-refractivity contribution in [3.8, 4) is 56.0 Å². The van der Waals surface area contributed by atoms with Gasteiger partial charge < -0.3 is 0 Å². The number of nitrogens with zero attached hydrogens (tertiary/aromatic N) is 2. The molecule has 2 aliphatic rings. The molecule has 2 aliphatic carbocycles. The summed E-state index contributed by atoms with van der Waals surface area (Å²) >= 11 is 0. The highest BCUT2D eigenvalue weighted by molar-refractivity contribution is 6.06. The molecule has 12 rings (SSSR count). The third-order valence-corrected chi connectivity index (χ3v) is 12.1. The summed E-state index contributed by atoms with van der Waals surface area (Å²) in [7, 11) is 0. The minimum Gasteiger partial charge on any atom is -0.228 e. The number of fused-ring (bicyclic) bond motifs is 14. The molecule has 9 aromatic carbocycles. The van der Waals surface area contributed by atoms with Gasteiger partial charge in [-0.15, -0.1) is 0 Å².